The number of benzene rings is 1. The third kappa shape index (κ3) is 3.74. The van der Waals surface area contributed by atoms with Gasteiger partial charge in [0.05, 0.1) is 19.8 Å². The van der Waals surface area contributed by atoms with Crippen LogP contribution in [0.15, 0.2) is 24.8 Å². The summed E-state index contributed by atoms with van der Waals surface area (Å²) in [6, 6.07) is 2.78. The van der Waals surface area contributed by atoms with E-state index in [4.69, 9.17) is 14.2 Å². The lowest BCUT2D eigenvalue weighted by Gasteiger charge is -2.11. The van der Waals surface area contributed by atoms with Crippen LogP contribution in [0.25, 0.3) is 0 Å². The summed E-state index contributed by atoms with van der Waals surface area (Å²) < 4.78 is 19.6. The van der Waals surface area contributed by atoms with E-state index >= 15 is 0 Å². The molecule has 0 aliphatic carbocycles. The van der Waals surface area contributed by atoms with E-state index in [9.17, 15) is 9.59 Å². The first-order chi connectivity index (χ1) is 9.15. The molecule has 0 aromatic heterocycles. The van der Waals surface area contributed by atoms with Crippen molar-refractivity contribution in [2.75, 3.05) is 20.8 Å². The molecule has 0 N–H and O–H groups in total. The predicted octanol–water partition coefficient (Wildman–Crippen LogP) is 2.22. The Morgan fingerprint density at radius 1 is 1.26 bits per heavy atom. The zero-order valence-corrected chi connectivity index (χ0v) is 10.7. The molecule has 0 bridgehead atoms. The minimum absolute atomic E-state index is 0.0412. The summed E-state index contributed by atoms with van der Waals surface area (Å²) in [5.41, 5.74) is 0.233. The van der Waals surface area contributed by atoms with Gasteiger partial charge in [-0.2, -0.15) is 0 Å². The van der Waals surface area contributed by atoms with Crippen molar-refractivity contribution in [1.82, 2.24) is 0 Å². The van der Waals surface area contributed by atoms with Crippen molar-refractivity contribution in [1.29, 1.82) is 0 Å². The van der Waals surface area contributed by atoms with Gasteiger partial charge in [0.2, 0.25) is 0 Å². The van der Waals surface area contributed by atoms with E-state index in [0.29, 0.717) is 6.29 Å². The van der Waals surface area contributed by atoms with E-state index in [1.165, 1.54) is 32.4 Å². The zero-order chi connectivity index (χ0) is 14.3. The van der Waals surface area contributed by atoms with Crippen LogP contribution in [-0.4, -0.2) is 33.3 Å². The summed E-state index contributed by atoms with van der Waals surface area (Å²) >= 11 is 0. The van der Waals surface area contributed by atoms with Crippen LogP contribution in [0.2, 0.25) is 0 Å². The van der Waals surface area contributed by atoms with Gasteiger partial charge in [-0.25, -0.2) is 4.79 Å². The van der Waals surface area contributed by atoms with Crippen molar-refractivity contribution in [2.24, 2.45) is 0 Å². The fourth-order valence-electron chi connectivity index (χ4n) is 1.34. The second-order valence-corrected chi connectivity index (χ2v) is 3.31. The number of ether oxygens (including phenoxy) is 4. The van der Waals surface area contributed by atoms with Crippen molar-refractivity contribution in [3.63, 3.8) is 0 Å². The highest BCUT2D eigenvalue weighted by molar-refractivity contribution is 5.84. The predicted molar refractivity (Wildman–Crippen MR) is 67.1 cm³/mol. The van der Waals surface area contributed by atoms with E-state index < -0.39 is 6.16 Å². The summed E-state index contributed by atoms with van der Waals surface area (Å²) in [6.45, 7) is 3.45. The molecule has 0 atom stereocenters. The van der Waals surface area contributed by atoms with Crippen molar-refractivity contribution >= 4 is 12.4 Å². The second kappa shape index (κ2) is 7.05. The summed E-state index contributed by atoms with van der Waals surface area (Å²) in [5.74, 6) is 0.620. The average molecular weight is 266 g/mol. The molecule has 0 aliphatic rings. The van der Waals surface area contributed by atoms with Crippen LogP contribution in [0.5, 0.6) is 17.2 Å². The molecule has 0 spiro atoms. The quantitative estimate of drug-likeness (QED) is 0.340. The average Bonchev–Trinajstić information content (AvgIpc) is 2.43. The molecule has 0 unspecified atom stereocenters. The fourth-order valence-corrected chi connectivity index (χ4v) is 1.34. The Morgan fingerprint density at radius 3 is 2.26 bits per heavy atom. The molecular weight excluding hydrogens is 252 g/mol. The summed E-state index contributed by atoms with van der Waals surface area (Å²) in [7, 11) is 2.78. The topological polar surface area (TPSA) is 71.1 Å². The molecule has 1 aromatic rings. The van der Waals surface area contributed by atoms with Crippen LogP contribution in [0.4, 0.5) is 4.79 Å². The molecular formula is C13H14O6. The lowest BCUT2D eigenvalue weighted by molar-refractivity contribution is 0.109. The highest BCUT2D eigenvalue weighted by atomic mass is 16.7. The maximum atomic E-state index is 11.3. The highest BCUT2D eigenvalue weighted by Gasteiger charge is 2.15. The molecule has 0 fully saturated rings. The number of hydrogen-bond donors (Lipinski definition) is 0. The number of rotatable bonds is 6. The van der Waals surface area contributed by atoms with Crippen LogP contribution in [-0.2, 0) is 4.74 Å². The number of carbonyl (C=O) groups is 2. The van der Waals surface area contributed by atoms with Gasteiger partial charge in [0.1, 0.15) is 23.9 Å². The van der Waals surface area contributed by atoms with Crippen molar-refractivity contribution in [3.05, 3.63) is 30.4 Å². The van der Waals surface area contributed by atoms with E-state index in [1.54, 1.807) is 0 Å². The van der Waals surface area contributed by atoms with Gasteiger partial charge in [-0.1, -0.05) is 12.7 Å². The maximum Gasteiger partial charge on any atom is 0.514 e. The molecule has 1 rings (SSSR count). The van der Waals surface area contributed by atoms with Gasteiger partial charge < -0.3 is 18.9 Å². The monoisotopic (exact) mass is 266 g/mol. The minimum Gasteiger partial charge on any atom is -0.496 e. The molecule has 102 valence electrons. The molecule has 19 heavy (non-hydrogen) atoms. The molecule has 6 nitrogen and oxygen atoms in total. The third-order valence-corrected chi connectivity index (χ3v) is 2.16. The first kappa shape index (κ1) is 14.6. The molecule has 0 heterocycles. The van der Waals surface area contributed by atoms with Gasteiger partial charge in [-0.15, -0.1) is 0 Å². The second-order valence-electron chi connectivity index (χ2n) is 3.31. The van der Waals surface area contributed by atoms with E-state index in [1.807, 2.05) is 0 Å². The van der Waals surface area contributed by atoms with Gasteiger partial charge in [-0.05, 0) is 0 Å². The maximum absolute atomic E-state index is 11.3. The molecule has 0 amide bonds. The Kier molecular flexibility index (Phi) is 5.40. The lowest BCUT2D eigenvalue weighted by atomic mass is 10.2. The van der Waals surface area contributed by atoms with Crippen LogP contribution < -0.4 is 14.2 Å². The third-order valence-electron chi connectivity index (χ3n) is 2.16. The summed E-state index contributed by atoms with van der Waals surface area (Å²) in [5, 5.41) is 0. The number of hydrogen-bond acceptors (Lipinski definition) is 6. The Hall–Kier alpha value is -2.50. The van der Waals surface area contributed by atoms with Crippen LogP contribution >= 0.6 is 0 Å². The van der Waals surface area contributed by atoms with Crippen molar-refractivity contribution in [2.45, 2.75) is 0 Å². The lowest BCUT2D eigenvalue weighted by Crippen LogP contribution is -2.11. The van der Waals surface area contributed by atoms with Crippen LogP contribution in [0.3, 0.4) is 0 Å². The van der Waals surface area contributed by atoms with Crippen molar-refractivity contribution in [3.8, 4) is 17.2 Å². The fraction of sp³-hybridized carbons (Fsp3) is 0.231. The smallest absolute Gasteiger partial charge is 0.496 e. The largest absolute Gasteiger partial charge is 0.514 e. The highest BCUT2D eigenvalue weighted by Crippen LogP contribution is 2.32. The standard InChI is InChI=1S/C13H14O6/c1-4-5-18-13(15)19-9-6-11(16-2)10(8-14)12(7-9)17-3/h4,6-8H,1,5H2,2-3H3. The Labute approximate surface area is 110 Å². The van der Waals surface area contributed by atoms with Gasteiger partial charge in [0, 0.05) is 12.1 Å². The van der Waals surface area contributed by atoms with E-state index in [2.05, 4.69) is 11.3 Å². The normalized spacial score (nSPS) is 9.37. The Balaban J connectivity index is 2.99. The number of methoxy groups -OCH3 is 2. The van der Waals surface area contributed by atoms with Crippen molar-refractivity contribution < 1.29 is 28.5 Å². The van der Waals surface area contributed by atoms with Crippen LogP contribution in [0, 0.1) is 0 Å². The van der Waals surface area contributed by atoms with Crippen LogP contribution in [0.1, 0.15) is 10.4 Å². The SMILES string of the molecule is C=CCOC(=O)Oc1cc(OC)c(C=O)c(OC)c1. The molecule has 6 heteroatoms. The molecule has 0 radical (unpaired) electrons. The van der Waals surface area contributed by atoms with E-state index in [0.717, 1.165) is 0 Å². The Morgan fingerprint density at radius 2 is 1.84 bits per heavy atom. The summed E-state index contributed by atoms with van der Waals surface area (Å²) in [4.78, 5) is 22.2. The van der Waals surface area contributed by atoms with Gasteiger partial charge >= 0.3 is 6.16 Å². The summed E-state index contributed by atoms with van der Waals surface area (Å²) in [6.07, 6.45) is 1.12. The molecule has 1 aromatic carbocycles. The van der Waals surface area contributed by atoms with Gasteiger partial charge in [0.25, 0.3) is 0 Å². The Bertz CT molecular complexity index is 455. The molecule has 0 aliphatic heterocycles. The minimum atomic E-state index is -0.886. The first-order valence-electron chi connectivity index (χ1n) is 5.33. The van der Waals surface area contributed by atoms with E-state index in [-0.39, 0.29) is 29.4 Å². The molecule has 0 saturated heterocycles. The van der Waals surface area contributed by atoms with Gasteiger partial charge in [-0.3, -0.25) is 4.79 Å². The number of aldehydes is 1. The zero-order valence-electron chi connectivity index (χ0n) is 10.7. The first-order valence-corrected chi connectivity index (χ1v) is 5.33. The number of carbonyl (C=O) groups excluding carboxylic acids is 2. The van der Waals surface area contributed by atoms with Gasteiger partial charge in [0.15, 0.2) is 6.29 Å². The molecule has 0 saturated carbocycles.